The Morgan fingerprint density at radius 2 is 2.08 bits per heavy atom. The first kappa shape index (κ1) is 18.6. The Hall–Kier alpha value is -2.15. The molecule has 1 aromatic rings. The number of allylic oxidation sites excluding steroid dienone is 1. The minimum absolute atomic E-state index is 0.0244. The zero-order valence-electron chi connectivity index (χ0n) is 15.2. The number of rotatable bonds is 6. The van der Waals surface area contributed by atoms with E-state index in [1.165, 1.54) is 11.8 Å². The molecule has 0 aliphatic carbocycles. The highest BCUT2D eigenvalue weighted by Crippen LogP contribution is 2.35. The molecule has 1 aromatic carbocycles. The van der Waals surface area contributed by atoms with Crippen LogP contribution >= 0.6 is 11.8 Å². The van der Waals surface area contributed by atoms with E-state index in [9.17, 15) is 9.59 Å². The largest absolute Gasteiger partial charge is 0.493 e. The Kier molecular flexibility index (Phi) is 5.46. The molecule has 26 heavy (non-hydrogen) atoms. The molecular weight excluding hydrogens is 354 g/mol. The molecule has 1 fully saturated rings. The maximum Gasteiger partial charge on any atom is 0.237 e. The summed E-state index contributed by atoms with van der Waals surface area (Å²) in [5.41, 5.74) is -0.451. The molecule has 0 bridgehead atoms. The SMILES string of the molecule is CC(C)(C)C(=O)/C=C1\SCC(=O)N1CCCOc1ccc2c(c1)OCO2. The highest BCUT2D eigenvalue weighted by molar-refractivity contribution is 8.04. The van der Waals surface area contributed by atoms with Crippen LogP contribution in [-0.2, 0) is 9.59 Å². The zero-order valence-corrected chi connectivity index (χ0v) is 16.1. The molecule has 2 aliphatic heterocycles. The molecule has 6 nitrogen and oxygen atoms in total. The molecule has 0 unspecified atom stereocenters. The molecule has 0 spiro atoms. The molecule has 140 valence electrons. The fourth-order valence-corrected chi connectivity index (χ4v) is 3.44. The van der Waals surface area contributed by atoms with Crippen molar-refractivity contribution in [3.8, 4) is 17.2 Å². The number of thioether (sulfide) groups is 1. The van der Waals surface area contributed by atoms with Crippen molar-refractivity contribution in [3.05, 3.63) is 29.3 Å². The fourth-order valence-electron chi connectivity index (χ4n) is 2.48. The molecule has 0 radical (unpaired) electrons. The fraction of sp³-hybridized carbons (Fsp3) is 0.474. The molecule has 0 saturated carbocycles. The number of ketones is 1. The van der Waals surface area contributed by atoms with E-state index >= 15 is 0 Å². The Morgan fingerprint density at radius 1 is 1.31 bits per heavy atom. The molecule has 3 rings (SSSR count). The van der Waals surface area contributed by atoms with Crippen LogP contribution in [-0.4, -0.2) is 42.3 Å². The van der Waals surface area contributed by atoms with E-state index in [-0.39, 0.29) is 18.5 Å². The van der Waals surface area contributed by atoms with Crippen LogP contribution in [0.2, 0.25) is 0 Å². The average molecular weight is 377 g/mol. The van der Waals surface area contributed by atoms with E-state index in [0.717, 1.165) is 10.8 Å². The Morgan fingerprint density at radius 3 is 2.85 bits per heavy atom. The Bertz CT molecular complexity index is 738. The molecule has 7 heteroatoms. The first-order chi connectivity index (χ1) is 12.3. The maximum atomic E-state index is 12.2. The summed E-state index contributed by atoms with van der Waals surface area (Å²) in [7, 11) is 0. The van der Waals surface area contributed by atoms with Crippen LogP contribution in [0.25, 0.3) is 0 Å². The van der Waals surface area contributed by atoms with Crippen LogP contribution in [0, 0.1) is 5.41 Å². The third-order valence-corrected chi connectivity index (χ3v) is 5.07. The van der Waals surface area contributed by atoms with Crippen LogP contribution in [0.4, 0.5) is 0 Å². The van der Waals surface area contributed by atoms with Gasteiger partial charge in [0.05, 0.1) is 17.4 Å². The summed E-state index contributed by atoms with van der Waals surface area (Å²) in [5, 5.41) is 0.734. The maximum absolute atomic E-state index is 12.2. The van der Waals surface area contributed by atoms with Crippen LogP contribution in [0.3, 0.4) is 0 Å². The van der Waals surface area contributed by atoms with Crippen LogP contribution in [0.1, 0.15) is 27.2 Å². The number of hydrogen-bond acceptors (Lipinski definition) is 6. The normalized spacial score (nSPS) is 17.9. The number of carbonyl (C=O) groups is 2. The van der Waals surface area contributed by atoms with Gasteiger partial charge < -0.3 is 19.1 Å². The van der Waals surface area contributed by atoms with Crippen molar-refractivity contribution in [1.29, 1.82) is 0 Å². The van der Waals surface area contributed by atoms with Crippen molar-refractivity contribution < 1.29 is 23.8 Å². The van der Waals surface area contributed by atoms with E-state index in [2.05, 4.69) is 0 Å². The van der Waals surface area contributed by atoms with Gasteiger partial charge in [-0.2, -0.15) is 0 Å². The van der Waals surface area contributed by atoms with Gasteiger partial charge in [0.15, 0.2) is 17.3 Å². The third kappa shape index (κ3) is 4.33. The number of ether oxygens (including phenoxy) is 3. The number of carbonyl (C=O) groups excluding carboxylic acids is 2. The lowest BCUT2D eigenvalue weighted by atomic mass is 9.91. The monoisotopic (exact) mass is 377 g/mol. The lowest BCUT2D eigenvalue weighted by Gasteiger charge is -2.19. The molecule has 2 heterocycles. The number of hydrogen-bond donors (Lipinski definition) is 0. The minimum Gasteiger partial charge on any atom is -0.493 e. The van der Waals surface area contributed by atoms with Gasteiger partial charge in [0.1, 0.15) is 5.75 Å². The van der Waals surface area contributed by atoms with Crippen LogP contribution in [0.5, 0.6) is 17.2 Å². The average Bonchev–Trinajstić information content (AvgIpc) is 3.18. The molecule has 0 N–H and O–H groups in total. The van der Waals surface area contributed by atoms with Crippen molar-refractivity contribution in [2.75, 3.05) is 25.7 Å². The van der Waals surface area contributed by atoms with Crippen molar-refractivity contribution >= 4 is 23.5 Å². The molecule has 0 atom stereocenters. The molecule has 1 saturated heterocycles. The summed E-state index contributed by atoms with van der Waals surface area (Å²) in [6.45, 7) is 6.84. The van der Waals surface area contributed by atoms with E-state index in [4.69, 9.17) is 14.2 Å². The van der Waals surface area contributed by atoms with Gasteiger partial charge in [-0.3, -0.25) is 9.59 Å². The summed E-state index contributed by atoms with van der Waals surface area (Å²) in [4.78, 5) is 26.0. The van der Waals surface area contributed by atoms with Gasteiger partial charge >= 0.3 is 0 Å². The second-order valence-corrected chi connectivity index (χ2v) is 8.14. The topological polar surface area (TPSA) is 65.1 Å². The van der Waals surface area contributed by atoms with Gasteiger partial charge in [-0.05, 0) is 18.6 Å². The van der Waals surface area contributed by atoms with Crippen LogP contribution in [0.15, 0.2) is 29.3 Å². The van der Waals surface area contributed by atoms with E-state index < -0.39 is 5.41 Å². The number of fused-ring (bicyclic) bond motifs is 1. The Balaban J connectivity index is 1.52. The van der Waals surface area contributed by atoms with Crippen molar-refractivity contribution in [2.45, 2.75) is 27.2 Å². The highest BCUT2D eigenvalue weighted by Gasteiger charge is 2.29. The third-order valence-electron chi connectivity index (χ3n) is 4.04. The van der Waals surface area contributed by atoms with Gasteiger partial charge in [-0.15, -0.1) is 0 Å². The second kappa shape index (κ2) is 7.61. The number of benzene rings is 1. The second-order valence-electron chi connectivity index (χ2n) is 7.15. The van der Waals surface area contributed by atoms with Crippen LogP contribution < -0.4 is 14.2 Å². The molecule has 0 aromatic heterocycles. The smallest absolute Gasteiger partial charge is 0.237 e. The number of amides is 1. The summed E-state index contributed by atoms with van der Waals surface area (Å²) >= 11 is 1.42. The minimum atomic E-state index is -0.451. The van der Waals surface area contributed by atoms with Gasteiger partial charge in [-0.25, -0.2) is 0 Å². The highest BCUT2D eigenvalue weighted by atomic mass is 32.2. The summed E-state index contributed by atoms with van der Waals surface area (Å²) in [6.07, 6.45) is 2.26. The summed E-state index contributed by atoms with van der Waals surface area (Å²) in [6, 6.07) is 5.45. The lowest BCUT2D eigenvalue weighted by molar-refractivity contribution is -0.125. The van der Waals surface area contributed by atoms with Gasteiger partial charge in [0.25, 0.3) is 0 Å². The lowest BCUT2D eigenvalue weighted by Crippen LogP contribution is -2.28. The first-order valence-electron chi connectivity index (χ1n) is 8.56. The first-order valence-corrected chi connectivity index (χ1v) is 9.55. The van der Waals surface area contributed by atoms with Crippen molar-refractivity contribution in [3.63, 3.8) is 0 Å². The van der Waals surface area contributed by atoms with E-state index in [1.807, 2.05) is 32.9 Å². The van der Waals surface area contributed by atoms with Gasteiger partial charge in [0.2, 0.25) is 12.7 Å². The standard InChI is InChI=1S/C19H23NO5S/c1-19(2,3)16(21)10-18-20(17(22)11-26-18)7-4-8-23-13-5-6-14-15(9-13)25-12-24-14/h5-6,9-10H,4,7-8,11-12H2,1-3H3/b18-10-. The molecule has 2 aliphatic rings. The van der Waals surface area contributed by atoms with Crippen molar-refractivity contribution in [1.82, 2.24) is 4.90 Å². The zero-order chi connectivity index (χ0) is 18.7. The predicted octanol–water partition coefficient (Wildman–Crippen LogP) is 3.22. The molecular formula is C19H23NO5S. The molecule has 1 amide bonds. The summed E-state index contributed by atoms with van der Waals surface area (Å²) < 4.78 is 16.3. The number of nitrogens with zero attached hydrogens (tertiary/aromatic N) is 1. The van der Waals surface area contributed by atoms with Gasteiger partial charge in [0, 0.05) is 24.1 Å². The summed E-state index contributed by atoms with van der Waals surface area (Å²) in [5.74, 6) is 2.54. The van der Waals surface area contributed by atoms with E-state index in [0.29, 0.717) is 36.8 Å². The Labute approximate surface area is 157 Å². The van der Waals surface area contributed by atoms with E-state index in [1.54, 1.807) is 17.0 Å². The van der Waals surface area contributed by atoms with Crippen molar-refractivity contribution in [2.24, 2.45) is 5.41 Å². The quantitative estimate of drug-likeness (QED) is 0.560. The predicted molar refractivity (Wildman–Crippen MR) is 99.4 cm³/mol. The van der Waals surface area contributed by atoms with Gasteiger partial charge in [-0.1, -0.05) is 32.5 Å².